The van der Waals surface area contributed by atoms with Gasteiger partial charge in [-0.15, -0.1) is 0 Å². The number of rotatable bonds is 8. The van der Waals surface area contributed by atoms with Crippen molar-refractivity contribution in [1.82, 2.24) is 10.3 Å². The molecule has 0 saturated carbocycles. The van der Waals surface area contributed by atoms with Gasteiger partial charge in [0.1, 0.15) is 5.82 Å². The van der Waals surface area contributed by atoms with Crippen molar-refractivity contribution in [3.05, 3.63) is 23.9 Å². The minimum Gasteiger partial charge on any atom is -0.382 e. The number of hydrogen-bond donors (Lipinski definition) is 3. The van der Waals surface area contributed by atoms with E-state index in [-0.39, 0.29) is 5.91 Å². The smallest absolute Gasteiger partial charge is 0.251 e. The summed E-state index contributed by atoms with van der Waals surface area (Å²) in [6, 6.07) is 3.18. The van der Waals surface area contributed by atoms with Crippen molar-refractivity contribution in [3.8, 4) is 0 Å². The third-order valence-electron chi connectivity index (χ3n) is 2.13. The summed E-state index contributed by atoms with van der Waals surface area (Å²) in [4.78, 5) is 15.6. The molecule has 7 nitrogen and oxygen atoms in total. The summed E-state index contributed by atoms with van der Waals surface area (Å²) in [7, 11) is 1.61. The lowest BCUT2D eigenvalue weighted by atomic mass is 10.2. The number of ether oxygens (including phenoxy) is 2. The molecule has 0 radical (unpaired) electrons. The van der Waals surface area contributed by atoms with Gasteiger partial charge in [-0.2, -0.15) is 0 Å². The Labute approximate surface area is 106 Å². The fraction of sp³-hybridized carbons (Fsp3) is 0.455. The van der Waals surface area contributed by atoms with Gasteiger partial charge in [-0.3, -0.25) is 4.79 Å². The first-order chi connectivity index (χ1) is 8.77. The molecule has 0 atom stereocenters. The number of hydrazine groups is 1. The van der Waals surface area contributed by atoms with Gasteiger partial charge in [0.25, 0.3) is 5.91 Å². The summed E-state index contributed by atoms with van der Waals surface area (Å²) in [5, 5.41) is 2.73. The maximum absolute atomic E-state index is 11.7. The molecule has 0 aliphatic carbocycles. The van der Waals surface area contributed by atoms with Crippen LogP contribution < -0.4 is 16.6 Å². The molecule has 1 heterocycles. The first kappa shape index (κ1) is 14.4. The fourth-order valence-corrected chi connectivity index (χ4v) is 1.23. The molecule has 18 heavy (non-hydrogen) atoms. The number of anilines is 1. The van der Waals surface area contributed by atoms with Crippen LogP contribution in [0.15, 0.2) is 18.3 Å². The van der Waals surface area contributed by atoms with Crippen molar-refractivity contribution in [2.24, 2.45) is 5.84 Å². The number of methoxy groups -OCH3 is 1. The molecule has 1 aromatic heterocycles. The van der Waals surface area contributed by atoms with Gasteiger partial charge in [0.2, 0.25) is 0 Å². The van der Waals surface area contributed by atoms with Crippen molar-refractivity contribution >= 4 is 11.7 Å². The molecule has 0 saturated heterocycles. The molecule has 0 bridgehead atoms. The second kappa shape index (κ2) is 8.40. The SMILES string of the molecule is COCCOCCNC(=O)c1ccnc(NN)c1. The largest absolute Gasteiger partial charge is 0.382 e. The van der Waals surface area contributed by atoms with Crippen LogP contribution in [0.4, 0.5) is 5.82 Å². The van der Waals surface area contributed by atoms with E-state index in [1.807, 2.05) is 0 Å². The van der Waals surface area contributed by atoms with E-state index < -0.39 is 0 Å². The number of nitrogen functional groups attached to an aromatic ring is 1. The van der Waals surface area contributed by atoms with Crippen LogP contribution in [0.25, 0.3) is 0 Å². The first-order valence-electron chi connectivity index (χ1n) is 5.55. The summed E-state index contributed by atoms with van der Waals surface area (Å²) >= 11 is 0. The second-order valence-corrected chi connectivity index (χ2v) is 3.44. The Balaban J connectivity index is 2.27. The van der Waals surface area contributed by atoms with Crippen LogP contribution in [0.2, 0.25) is 0 Å². The Hall–Kier alpha value is -1.70. The normalized spacial score (nSPS) is 10.1. The third kappa shape index (κ3) is 5.09. The van der Waals surface area contributed by atoms with Gasteiger partial charge >= 0.3 is 0 Å². The lowest BCUT2D eigenvalue weighted by Gasteiger charge is -2.07. The van der Waals surface area contributed by atoms with Crippen molar-refractivity contribution in [3.63, 3.8) is 0 Å². The number of pyridine rings is 1. The lowest BCUT2D eigenvalue weighted by Crippen LogP contribution is -2.27. The average molecular weight is 254 g/mol. The molecular weight excluding hydrogens is 236 g/mol. The summed E-state index contributed by atoms with van der Waals surface area (Å²) < 4.78 is 10.0. The van der Waals surface area contributed by atoms with E-state index in [1.165, 1.54) is 6.20 Å². The molecule has 0 aliphatic heterocycles. The van der Waals surface area contributed by atoms with Crippen LogP contribution >= 0.6 is 0 Å². The molecule has 1 amide bonds. The zero-order valence-electron chi connectivity index (χ0n) is 10.3. The number of carbonyl (C=O) groups excluding carboxylic acids is 1. The van der Waals surface area contributed by atoms with Crippen LogP contribution in [-0.2, 0) is 9.47 Å². The van der Waals surface area contributed by atoms with E-state index >= 15 is 0 Å². The van der Waals surface area contributed by atoms with Crippen molar-refractivity contribution < 1.29 is 14.3 Å². The summed E-state index contributed by atoms with van der Waals surface area (Å²) in [5.41, 5.74) is 2.88. The molecule has 0 aromatic carbocycles. The monoisotopic (exact) mass is 254 g/mol. The van der Waals surface area contributed by atoms with Gasteiger partial charge in [-0.25, -0.2) is 10.8 Å². The van der Waals surface area contributed by atoms with Crippen LogP contribution in [0.5, 0.6) is 0 Å². The van der Waals surface area contributed by atoms with E-state index in [0.717, 1.165) is 0 Å². The molecule has 4 N–H and O–H groups in total. The van der Waals surface area contributed by atoms with Gasteiger partial charge in [0.15, 0.2) is 0 Å². The Morgan fingerprint density at radius 3 is 3.00 bits per heavy atom. The van der Waals surface area contributed by atoms with Crippen LogP contribution in [-0.4, -0.2) is 44.4 Å². The predicted molar refractivity (Wildman–Crippen MR) is 67.1 cm³/mol. The van der Waals surface area contributed by atoms with Gasteiger partial charge in [-0.05, 0) is 12.1 Å². The quantitative estimate of drug-likeness (QED) is 0.336. The Kier molecular flexibility index (Phi) is 6.70. The molecule has 0 fully saturated rings. The molecular formula is C11H18N4O3. The summed E-state index contributed by atoms with van der Waals surface area (Å²) in [6.07, 6.45) is 1.51. The van der Waals surface area contributed by atoms with E-state index in [2.05, 4.69) is 15.7 Å². The maximum atomic E-state index is 11.7. The van der Waals surface area contributed by atoms with E-state index in [1.54, 1.807) is 19.2 Å². The fourth-order valence-electron chi connectivity index (χ4n) is 1.23. The topological polar surface area (TPSA) is 98.5 Å². The summed E-state index contributed by atoms with van der Waals surface area (Å²) in [6.45, 7) is 1.95. The maximum Gasteiger partial charge on any atom is 0.251 e. The van der Waals surface area contributed by atoms with E-state index in [0.29, 0.717) is 37.7 Å². The van der Waals surface area contributed by atoms with Crippen LogP contribution in [0.1, 0.15) is 10.4 Å². The minimum atomic E-state index is -0.191. The Bertz CT molecular complexity index is 373. The molecule has 1 aromatic rings. The van der Waals surface area contributed by atoms with E-state index in [4.69, 9.17) is 15.3 Å². The highest BCUT2D eigenvalue weighted by atomic mass is 16.5. The number of amides is 1. The van der Waals surface area contributed by atoms with Crippen LogP contribution in [0, 0.1) is 0 Å². The summed E-state index contributed by atoms with van der Waals surface area (Å²) in [5.74, 6) is 5.46. The first-order valence-corrected chi connectivity index (χ1v) is 5.55. The Morgan fingerprint density at radius 2 is 2.28 bits per heavy atom. The number of hydrogen-bond acceptors (Lipinski definition) is 6. The van der Waals surface area contributed by atoms with Crippen LogP contribution in [0.3, 0.4) is 0 Å². The van der Waals surface area contributed by atoms with Gasteiger partial charge in [0, 0.05) is 25.4 Å². The number of aromatic nitrogens is 1. The molecule has 0 spiro atoms. The molecule has 100 valence electrons. The lowest BCUT2D eigenvalue weighted by molar-refractivity contribution is 0.0692. The number of nitrogens with one attached hydrogen (secondary N) is 2. The molecule has 1 rings (SSSR count). The zero-order valence-corrected chi connectivity index (χ0v) is 10.3. The van der Waals surface area contributed by atoms with Gasteiger partial charge in [-0.1, -0.05) is 0 Å². The van der Waals surface area contributed by atoms with Crippen molar-refractivity contribution in [2.75, 3.05) is 38.9 Å². The van der Waals surface area contributed by atoms with Crippen molar-refractivity contribution in [2.45, 2.75) is 0 Å². The average Bonchev–Trinajstić information content (AvgIpc) is 2.42. The highest BCUT2D eigenvalue weighted by molar-refractivity contribution is 5.94. The van der Waals surface area contributed by atoms with Gasteiger partial charge in [0.05, 0.1) is 19.8 Å². The second-order valence-electron chi connectivity index (χ2n) is 3.44. The van der Waals surface area contributed by atoms with E-state index in [9.17, 15) is 4.79 Å². The van der Waals surface area contributed by atoms with Crippen molar-refractivity contribution in [1.29, 1.82) is 0 Å². The highest BCUT2D eigenvalue weighted by Gasteiger charge is 2.05. The molecule has 0 unspecified atom stereocenters. The molecule has 7 heteroatoms. The zero-order chi connectivity index (χ0) is 13.2. The van der Waals surface area contributed by atoms with Gasteiger partial charge < -0.3 is 20.2 Å². The number of nitrogens with zero attached hydrogens (tertiary/aromatic N) is 1. The predicted octanol–water partition coefficient (Wildman–Crippen LogP) is -0.240. The number of carbonyl (C=O) groups is 1. The molecule has 0 aliphatic rings. The Morgan fingerprint density at radius 1 is 1.44 bits per heavy atom. The minimum absolute atomic E-state index is 0.191. The standard InChI is InChI=1S/C11H18N4O3/c1-17-6-7-18-5-4-14-11(16)9-2-3-13-10(8-9)15-12/h2-3,8H,4-7,12H2,1H3,(H,13,15)(H,14,16). The number of nitrogens with two attached hydrogens (primary N) is 1. The third-order valence-corrected chi connectivity index (χ3v) is 2.13. The highest BCUT2D eigenvalue weighted by Crippen LogP contribution is 2.04.